The first kappa shape index (κ1) is 18.9. The van der Waals surface area contributed by atoms with Crippen molar-refractivity contribution in [2.45, 2.75) is 51.2 Å². The van der Waals surface area contributed by atoms with Gasteiger partial charge in [0.2, 0.25) is 0 Å². The zero-order chi connectivity index (χ0) is 18.5. The predicted octanol–water partition coefficient (Wildman–Crippen LogP) is 1.84. The molecule has 1 saturated carbocycles. The first-order valence-electron chi connectivity index (χ1n) is 9.67. The number of anilines is 1. The van der Waals surface area contributed by atoms with E-state index in [1.54, 1.807) is 19.3 Å². The number of pyridine rings is 1. The number of halogens is 1. The Labute approximate surface area is 155 Å². The maximum absolute atomic E-state index is 13.9. The number of nitrogens with zero attached hydrogens (tertiary/aromatic N) is 4. The summed E-state index contributed by atoms with van der Waals surface area (Å²) >= 11 is 0. The summed E-state index contributed by atoms with van der Waals surface area (Å²) in [6.45, 7) is 7.95. The highest BCUT2D eigenvalue weighted by Crippen LogP contribution is 2.28. The van der Waals surface area contributed by atoms with Crippen molar-refractivity contribution in [3.8, 4) is 0 Å². The van der Waals surface area contributed by atoms with Crippen LogP contribution in [-0.4, -0.2) is 67.2 Å². The SMILES string of the molecule is CN=C(NCCN(C(C)C)C1CC1)NC1CCN(c2ncccc2F)C1. The highest BCUT2D eigenvalue weighted by atomic mass is 19.1. The zero-order valence-electron chi connectivity index (χ0n) is 16.1. The van der Waals surface area contributed by atoms with Gasteiger partial charge >= 0.3 is 0 Å². The van der Waals surface area contributed by atoms with Gasteiger partial charge in [0.1, 0.15) is 0 Å². The Morgan fingerprint density at radius 3 is 2.88 bits per heavy atom. The van der Waals surface area contributed by atoms with Crippen molar-refractivity contribution in [3.05, 3.63) is 24.1 Å². The molecule has 0 aromatic carbocycles. The summed E-state index contributed by atoms with van der Waals surface area (Å²) in [5.74, 6) is 0.999. The molecule has 7 heteroatoms. The molecule has 1 atom stereocenters. The lowest BCUT2D eigenvalue weighted by atomic mass is 10.3. The highest BCUT2D eigenvalue weighted by Gasteiger charge is 2.30. The minimum absolute atomic E-state index is 0.243. The number of hydrogen-bond donors (Lipinski definition) is 2. The molecular weight excluding hydrogens is 331 g/mol. The van der Waals surface area contributed by atoms with E-state index in [-0.39, 0.29) is 11.9 Å². The summed E-state index contributed by atoms with van der Waals surface area (Å²) in [6, 6.07) is 4.68. The molecule has 2 fully saturated rings. The summed E-state index contributed by atoms with van der Waals surface area (Å²) in [5, 5.41) is 6.88. The molecule has 1 unspecified atom stereocenters. The van der Waals surface area contributed by atoms with Crippen LogP contribution in [0.3, 0.4) is 0 Å². The van der Waals surface area contributed by atoms with E-state index in [0.717, 1.165) is 44.6 Å². The van der Waals surface area contributed by atoms with Crippen molar-refractivity contribution in [2.75, 3.05) is 38.1 Å². The van der Waals surface area contributed by atoms with Crippen LogP contribution in [0, 0.1) is 5.82 Å². The van der Waals surface area contributed by atoms with E-state index in [2.05, 4.69) is 39.4 Å². The van der Waals surface area contributed by atoms with Gasteiger partial charge in [-0.25, -0.2) is 9.37 Å². The zero-order valence-corrected chi connectivity index (χ0v) is 16.1. The molecule has 6 nitrogen and oxygen atoms in total. The van der Waals surface area contributed by atoms with E-state index < -0.39 is 0 Å². The fourth-order valence-corrected chi connectivity index (χ4v) is 3.64. The lowest BCUT2D eigenvalue weighted by Crippen LogP contribution is -2.47. The van der Waals surface area contributed by atoms with Gasteiger partial charge in [-0.05, 0) is 45.2 Å². The number of aromatic nitrogens is 1. The molecule has 2 heterocycles. The Hall–Kier alpha value is -1.89. The third-order valence-corrected chi connectivity index (χ3v) is 5.13. The third kappa shape index (κ3) is 4.84. The standard InChI is InChI=1S/C19H31FN6/c1-14(2)26(16-6-7-16)12-10-23-19(21-3)24-15-8-11-25(13-15)18-17(20)5-4-9-22-18/h4-5,9,14-16H,6-8,10-13H2,1-3H3,(H2,21,23,24). The second kappa shape index (κ2) is 8.66. The van der Waals surface area contributed by atoms with Gasteiger partial charge in [0.15, 0.2) is 17.6 Å². The van der Waals surface area contributed by atoms with E-state index in [4.69, 9.17) is 0 Å². The predicted molar refractivity (Wildman–Crippen MR) is 104 cm³/mol. The van der Waals surface area contributed by atoms with Crippen LogP contribution in [-0.2, 0) is 0 Å². The van der Waals surface area contributed by atoms with E-state index in [0.29, 0.717) is 11.9 Å². The minimum atomic E-state index is -0.260. The largest absolute Gasteiger partial charge is 0.355 e. The van der Waals surface area contributed by atoms with Gasteiger partial charge in [-0.3, -0.25) is 9.89 Å². The molecule has 1 aliphatic carbocycles. The van der Waals surface area contributed by atoms with Crippen molar-refractivity contribution in [1.29, 1.82) is 0 Å². The number of aliphatic imine (C=N–C) groups is 1. The number of guanidine groups is 1. The van der Waals surface area contributed by atoms with Crippen molar-refractivity contribution in [2.24, 2.45) is 4.99 Å². The molecule has 0 radical (unpaired) electrons. The summed E-state index contributed by atoms with van der Waals surface area (Å²) in [7, 11) is 1.79. The lowest BCUT2D eigenvalue weighted by molar-refractivity contribution is 0.215. The van der Waals surface area contributed by atoms with Gasteiger partial charge in [0.25, 0.3) is 0 Å². The molecule has 0 amide bonds. The van der Waals surface area contributed by atoms with Crippen LogP contribution in [0.5, 0.6) is 0 Å². The molecule has 2 aliphatic rings. The lowest BCUT2D eigenvalue weighted by Gasteiger charge is -2.27. The average molecular weight is 362 g/mol. The maximum Gasteiger partial charge on any atom is 0.191 e. The van der Waals surface area contributed by atoms with Gasteiger partial charge in [-0.1, -0.05) is 0 Å². The van der Waals surface area contributed by atoms with Gasteiger partial charge in [-0.2, -0.15) is 0 Å². The number of rotatable bonds is 7. The summed E-state index contributed by atoms with van der Waals surface area (Å²) < 4.78 is 13.9. The van der Waals surface area contributed by atoms with Crippen molar-refractivity contribution >= 4 is 11.8 Å². The summed E-state index contributed by atoms with van der Waals surface area (Å²) in [4.78, 5) is 13.1. The first-order valence-corrected chi connectivity index (χ1v) is 9.67. The molecule has 0 spiro atoms. The second-order valence-electron chi connectivity index (χ2n) is 7.45. The molecule has 1 saturated heterocycles. The molecule has 1 aromatic rings. The van der Waals surface area contributed by atoms with Crippen LogP contribution in [0.4, 0.5) is 10.2 Å². The van der Waals surface area contributed by atoms with Gasteiger partial charge in [-0.15, -0.1) is 0 Å². The van der Waals surface area contributed by atoms with Crippen molar-refractivity contribution in [3.63, 3.8) is 0 Å². The Balaban J connectivity index is 1.45. The molecule has 1 aliphatic heterocycles. The minimum Gasteiger partial charge on any atom is -0.355 e. The highest BCUT2D eigenvalue weighted by molar-refractivity contribution is 5.80. The van der Waals surface area contributed by atoms with Crippen LogP contribution < -0.4 is 15.5 Å². The van der Waals surface area contributed by atoms with Crippen LogP contribution >= 0.6 is 0 Å². The Morgan fingerprint density at radius 2 is 2.23 bits per heavy atom. The molecule has 1 aromatic heterocycles. The van der Waals surface area contributed by atoms with Crippen molar-refractivity contribution in [1.82, 2.24) is 20.5 Å². The molecule has 144 valence electrons. The van der Waals surface area contributed by atoms with Gasteiger partial charge in [0.05, 0.1) is 0 Å². The van der Waals surface area contributed by atoms with Crippen LogP contribution in [0.25, 0.3) is 0 Å². The molecule has 3 rings (SSSR count). The first-order chi connectivity index (χ1) is 12.6. The monoisotopic (exact) mass is 362 g/mol. The second-order valence-corrected chi connectivity index (χ2v) is 7.45. The normalized spacial score (nSPS) is 20.9. The van der Waals surface area contributed by atoms with Crippen LogP contribution in [0.2, 0.25) is 0 Å². The maximum atomic E-state index is 13.9. The quantitative estimate of drug-likeness (QED) is 0.573. The summed E-state index contributed by atoms with van der Waals surface area (Å²) in [6.07, 6.45) is 5.23. The fourth-order valence-electron chi connectivity index (χ4n) is 3.64. The third-order valence-electron chi connectivity index (χ3n) is 5.13. The smallest absolute Gasteiger partial charge is 0.191 e. The van der Waals surface area contributed by atoms with Gasteiger partial charge in [0, 0.05) is 57.5 Å². The van der Waals surface area contributed by atoms with Crippen LogP contribution in [0.1, 0.15) is 33.1 Å². The van der Waals surface area contributed by atoms with Crippen LogP contribution in [0.15, 0.2) is 23.3 Å². The van der Waals surface area contributed by atoms with Crippen molar-refractivity contribution < 1.29 is 4.39 Å². The van der Waals surface area contributed by atoms with E-state index in [9.17, 15) is 4.39 Å². The molecule has 2 N–H and O–H groups in total. The number of hydrogen-bond acceptors (Lipinski definition) is 4. The Bertz CT molecular complexity index is 614. The van der Waals surface area contributed by atoms with E-state index >= 15 is 0 Å². The summed E-state index contributed by atoms with van der Waals surface area (Å²) in [5.41, 5.74) is 0. The molecular formula is C19H31FN6. The Morgan fingerprint density at radius 1 is 1.42 bits per heavy atom. The topological polar surface area (TPSA) is 55.8 Å². The number of nitrogens with one attached hydrogen (secondary N) is 2. The molecule has 26 heavy (non-hydrogen) atoms. The van der Waals surface area contributed by atoms with E-state index in [1.165, 1.54) is 18.9 Å². The average Bonchev–Trinajstić information content (AvgIpc) is 3.36. The Kier molecular flexibility index (Phi) is 6.29. The van der Waals surface area contributed by atoms with Gasteiger partial charge < -0.3 is 15.5 Å². The van der Waals surface area contributed by atoms with E-state index in [1.807, 2.05) is 4.90 Å². The molecule has 0 bridgehead atoms. The fraction of sp³-hybridized carbons (Fsp3) is 0.684.